The predicted molar refractivity (Wildman–Crippen MR) is 33.9 cm³/mol. The molecular weight excluding hydrogens is 122 g/mol. The number of hydrogen-bond acceptors (Lipinski definition) is 3. The first-order valence-electron chi connectivity index (χ1n) is 2.35. The second kappa shape index (κ2) is 2.22. The molecule has 0 bridgehead atoms. The first kappa shape index (κ1) is 5.69. The van der Waals surface area contributed by atoms with Crippen LogP contribution in [-0.4, -0.2) is 4.98 Å². The molecule has 0 saturated heterocycles. The van der Waals surface area contributed by atoms with E-state index in [0.717, 1.165) is 5.76 Å². The zero-order valence-corrected chi connectivity index (χ0v) is 5.48. The summed E-state index contributed by atoms with van der Waals surface area (Å²) in [7, 11) is 0. The lowest BCUT2D eigenvalue weighted by atomic mass is 10.6. The van der Waals surface area contributed by atoms with Gasteiger partial charge in [-0.1, -0.05) is 0 Å². The molecule has 1 aromatic heterocycles. The summed E-state index contributed by atoms with van der Waals surface area (Å²) in [6.07, 6.45) is 1.69. The van der Waals surface area contributed by atoms with Gasteiger partial charge in [0, 0.05) is 0 Å². The summed E-state index contributed by atoms with van der Waals surface area (Å²) in [5.41, 5.74) is 0. The molecule has 8 heavy (non-hydrogen) atoms. The van der Waals surface area contributed by atoms with Gasteiger partial charge in [-0.05, 0) is 6.92 Å². The Balaban J connectivity index is 2.84. The predicted octanol–water partition coefficient (Wildman–Crippen LogP) is 1.41. The van der Waals surface area contributed by atoms with Crippen molar-refractivity contribution in [2.75, 3.05) is 0 Å². The van der Waals surface area contributed by atoms with E-state index in [1.807, 2.05) is 6.92 Å². The van der Waals surface area contributed by atoms with E-state index in [1.165, 1.54) is 0 Å². The number of thiol groups is 1. The minimum atomic E-state index is 0.577. The van der Waals surface area contributed by atoms with E-state index in [-0.39, 0.29) is 0 Å². The summed E-state index contributed by atoms with van der Waals surface area (Å²) in [6.45, 7) is 1.86. The SMILES string of the molecule is Cc1cnc(CS)o1. The van der Waals surface area contributed by atoms with Gasteiger partial charge in [0.2, 0.25) is 5.89 Å². The smallest absolute Gasteiger partial charge is 0.204 e. The van der Waals surface area contributed by atoms with Crippen LogP contribution < -0.4 is 0 Å². The van der Waals surface area contributed by atoms with Crippen LogP contribution in [0.5, 0.6) is 0 Å². The van der Waals surface area contributed by atoms with E-state index in [2.05, 4.69) is 17.6 Å². The van der Waals surface area contributed by atoms with Crippen molar-refractivity contribution in [3.05, 3.63) is 17.8 Å². The van der Waals surface area contributed by atoms with Gasteiger partial charge in [0.05, 0.1) is 11.9 Å². The van der Waals surface area contributed by atoms with E-state index >= 15 is 0 Å². The zero-order chi connectivity index (χ0) is 5.98. The minimum Gasteiger partial charge on any atom is -0.445 e. The molecule has 2 nitrogen and oxygen atoms in total. The van der Waals surface area contributed by atoms with E-state index in [1.54, 1.807) is 6.20 Å². The molecule has 1 rings (SSSR count). The van der Waals surface area contributed by atoms with Gasteiger partial charge in [-0.25, -0.2) is 4.98 Å². The number of aryl methyl sites for hydroxylation is 1. The molecule has 44 valence electrons. The van der Waals surface area contributed by atoms with Crippen LogP contribution in [-0.2, 0) is 5.75 Å². The lowest BCUT2D eigenvalue weighted by molar-refractivity contribution is 0.491. The van der Waals surface area contributed by atoms with Crippen LogP contribution in [0.2, 0.25) is 0 Å². The summed E-state index contributed by atoms with van der Waals surface area (Å²) < 4.78 is 5.05. The Kier molecular flexibility index (Phi) is 1.58. The molecule has 0 amide bonds. The van der Waals surface area contributed by atoms with Crippen LogP contribution in [0.25, 0.3) is 0 Å². The normalized spacial score (nSPS) is 9.75. The van der Waals surface area contributed by atoms with Gasteiger partial charge in [-0.3, -0.25) is 0 Å². The van der Waals surface area contributed by atoms with Crippen LogP contribution in [0.1, 0.15) is 11.7 Å². The summed E-state index contributed by atoms with van der Waals surface area (Å²) in [6, 6.07) is 0. The average Bonchev–Trinajstić information content (AvgIpc) is 2.14. The van der Waals surface area contributed by atoms with Crippen molar-refractivity contribution >= 4 is 12.6 Å². The molecule has 0 radical (unpaired) electrons. The highest BCUT2D eigenvalue weighted by Crippen LogP contribution is 2.02. The lowest BCUT2D eigenvalue weighted by Gasteiger charge is -1.80. The molecule has 0 atom stereocenters. The van der Waals surface area contributed by atoms with Crippen molar-refractivity contribution < 1.29 is 4.42 Å². The Hall–Kier alpha value is -0.440. The summed E-state index contributed by atoms with van der Waals surface area (Å²) in [5, 5.41) is 0. The van der Waals surface area contributed by atoms with Crippen LogP contribution in [0.3, 0.4) is 0 Å². The number of rotatable bonds is 1. The second-order valence-corrected chi connectivity index (χ2v) is 1.84. The molecule has 0 aliphatic rings. The highest BCUT2D eigenvalue weighted by atomic mass is 32.1. The standard InChI is InChI=1S/C5H7NOS/c1-4-2-6-5(3-8)7-4/h2,8H,3H2,1H3. The zero-order valence-electron chi connectivity index (χ0n) is 4.59. The Labute approximate surface area is 53.3 Å². The molecule has 0 aromatic carbocycles. The van der Waals surface area contributed by atoms with Gasteiger partial charge < -0.3 is 4.42 Å². The molecular formula is C5H7NOS. The van der Waals surface area contributed by atoms with Gasteiger partial charge in [-0.2, -0.15) is 12.6 Å². The van der Waals surface area contributed by atoms with E-state index in [9.17, 15) is 0 Å². The minimum absolute atomic E-state index is 0.577. The molecule has 0 aliphatic carbocycles. The second-order valence-electron chi connectivity index (χ2n) is 1.52. The molecule has 0 fully saturated rings. The third-order valence-corrected chi connectivity index (χ3v) is 1.07. The van der Waals surface area contributed by atoms with Crippen molar-refractivity contribution in [1.82, 2.24) is 4.98 Å². The fraction of sp³-hybridized carbons (Fsp3) is 0.400. The summed E-state index contributed by atoms with van der Waals surface area (Å²) >= 11 is 3.97. The van der Waals surface area contributed by atoms with Crippen LogP contribution >= 0.6 is 12.6 Å². The average molecular weight is 129 g/mol. The van der Waals surface area contributed by atoms with Crippen molar-refractivity contribution in [3.8, 4) is 0 Å². The van der Waals surface area contributed by atoms with Gasteiger partial charge in [-0.15, -0.1) is 0 Å². The fourth-order valence-electron chi connectivity index (χ4n) is 0.475. The molecule has 3 heteroatoms. The van der Waals surface area contributed by atoms with E-state index in [4.69, 9.17) is 4.42 Å². The van der Waals surface area contributed by atoms with Gasteiger partial charge >= 0.3 is 0 Å². The quantitative estimate of drug-likeness (QED) is 0.580. The maximum Gasteiger partial charge on any atom is 0.204 e. The largest absolute Gasteiger partial charge is 0.445 e. The van der Waals surface area contributed by atoms with Gasteiger partial charge in [0.15, 0.2) is 0 Å². The maximum absolute atomic E-state index is 5.05. The number of oxazole rings is 1. The lowest BCUT2D eigenvalue weighted by Crippen LogP contribution is -1.70. The Bertz CT molecular complexity index is 173. The molecule has 0 N–H and O–H groups in total. The number of aromatic nitrogens is 1. The fourth-order valence-corrected chi connectivity index (χ4v) is 0.621. The molecule has 0 spiro atoms. The molecule has 1 heterocycles. The summed E-state index contributed by atoms with van der Waals surface area (Å²) in [5.74, 6) is 2.10. The third-order valence-electron chi connectivity index (χ3n) is 0.804. The van der Waals surface area contributed by atoms with Crippen LogP contribution in [0.4, 0.5) is 0 Å². The maximum atomic E-state index is 5.05. The highest BCUT2D eigenvalue weighted by molar-refractivity contribution is 7.79. The Morgan fingerprint density at radius 2 is 2.62 bits per heavy atom. The Morgan fingerprint density at radius 3 is 2.88 bits per heavy atom. The van der Waals surface area contributed by atoms with Crippen molar-refractivity contribution in [1.29, 1.82) is 0 Å². The van der Waals surface area contributed by atoms with E-state index in [0.29, 0.717) is 11.6 Å². The van der Waals surface area contributed by atoms with E-state index < -0.39 is 0 Å². The topological polar surface area (TPSA) is 26.0 Å². The number of hydrogen-bond donors (Lipinski definition) is 1. The molecule has 0 unspecified atom stereocenters. The van der Waals surface area contributed by atoms with Crippen molar-refractivity contribution in [2.45, 2.75) is 12.7 Å². The van der Waals surface area contributed by atoms with Crippen LogP contribution in [0, 0.1) is 6.92 Å². The summed E-state index contributed by atoms with van der Waals surface area (Å²) in [4.78, 5) is 3.89. The molecule has 0 saturated carbocycles. The first-order chi connectivity index (χ1) is 3.83. The molecule has 1 aromatic rings. The van der Waals surface area contributed by atoms with Crippen molar-refractivity contribution in [3.63, 3.8) is 0 Å². The number of nitrogens with zero attached hydrogens (tertiary/aromatic N) is 1. The highest BCUT2D eigenvalue weighted by Gasteiger charge is 1.93. The third kappa shape index (κ3) is 1.04. The van der Waals surface area contributed by atoms with Crippen LogP contribution in [0.15, 0.2) is 10.6 Å². The van der Waals surface area contributed by atoms with Crippen molar-refractivity contribution in [2.24, 2.45) is 0 Å². The first-order valence-corrected chi connectivity index (χ1v) is 2.98. The van der Waals surface area contributed by atoms with Gasteiger partial charge in [0.25, 0.3) is 0 Å². The van der Waals surface area contributed by atoms with Gasteiger partial charge in [0.1, 0.15) is 5.76 Å². The monoisotopic (exact) mass is 129 g/mol. The molecule has 0 aliphatic heterocycles. The Morgan fingerprint density at radius 1 is 1.88 bits per heavy atom.